The Morgan fingerprint density at radius 2 is 2.00 bits per heavy atom. The molecule has 29 heavy (non-hydrogen) atoms. The van der Waals surface area contributed by atoms with Gasteiger partial charge in [0.1, 0.15) is 0 Å². The fourth-order valence-corrected chi connectivity index (χ4v) is 4.07. The lowest BCUT2D eigenvalue weighted by molar-refractivity contribution is 0.101. The summed E-state index contributed by atoms with van der Waals surface area (Å²) in [5, 5.41) is 14.5. The number of nitrogens with zero attached hydrogens (tertiary/aromatic N) is 4. The van der Waals surface area contributed by atoms with E-state index in [0.29, 0.717) is 13.0 Å². The SMILES string of the molecule is CCc1ccc2c(-c3cncc(Br)c3)c(CCN(C(=O)O)C(C)(C)C)c(C)nn12. The molecule has 7 heteroatoms. The minimum atomic E-state index is -0.911. The number of pyridine rings is 1. The van der Waals surface area contributed by atoms with E-state index in [1.165, 1.54) is 4.90 Å². The second kappa shape index (κ2) is 8.14. The van der Waals surface area contributed by atoms with Gasteiger partial charge in [-0.2, -0.15) is 5.10 Å². The Morgan fingerprint density at radius 1 is 1.28 bits per heavy atom. The Balaban J connectivity index is 2.17. The van der Waals surface area contributed by atoms with Crippen molar-refractivity contribution in [3.63, 3.8) is 0 Å². The molecule has 0 aliphatic carbocycles. The van der Waals surface area contributed by atoms with Crippen molar-refractivity contribution in [2.24, 2.45) is 0 Å². The third-order valence-corrected chi connectivity index (χ3v) is 5.59. The van der Waals surface area contributed by atoms with Gasteiger partial charge in [0.25, 0.3) is 0 Å². The third-order valence-electron chi connectivity index (χ3n) is 5.16. The summed E-state index contributed by atoms with van der Waals surface area (Å²) < 4.78 is 2.89. The van der Waals surface area contributed by atoms with Crippen molar-refractivity contribution in [1.29, 1.82) is 0 Å². The molecular weight excluding hydrogens is 432 g/mol. The van der Waals surface area contributed by atoms with Crippen LogP contribution in [0.2, 0.25) is 0 Å². The molecule has 3 aromatic heterocycles. The van der Waals surface area contributed by atoms with E-state index < -0.39 is 11.6 Å². The average Bonchev–Trinajstić information content (AvgIpc) is 3.02. The third kappa shape index (κ3) is 4.29. The summed E-state index contributed by atoms with van der Waals surface area (Å²) in [5.41, 5.74) is 5.68. The average molecular weight is 459 g/mol. The van der Waals surface area contributed by atoms with Crippen molar-refractivity contribution in [2.75, 3.05) is 6.54 Å². The molecule has 3 rings (SSSR count). The van der Waals surface area contributed by atoms with Gasteiger partial charge >= 0.3 is 6.09 Å². The Hall–Kier alpha value is -2.41. The molecule has 0 fully saturated rings. The largest absolute Gasteiger partial charge is 0.465 e. The molecule has 3 aromatic rings. The van der Waals surface area contributed by atoms with Crippen LogP contribution in [0, 0.1) is 6.92 Å². The molecule has 0 spiro atoms. The van der Waals surface area contributed by atoms with E-state index in [1.807, 2.05) is 44.5 Å². The second-order valence-electron chi connectivity index (χ2n) is 8.16. The maximum absolute atomic E-state index is 11.8. The van der Waals surface area contributed by atoms with E-state index in [1.54, 1.807) is 6.20 Å². The number of aryl methyl sites for hydroxylation is 2. The lowest BCUT2D eigenvalue weighted by atomic mass is 9.96. The summed E-state index contributed by atoms with van der Waals surface area (Å²) in [7, 11) is 0. The van der Waals surface area contributed by atoms with Crippen LogP contribution in [0.1, 0.15) is 44.6 Å². The number of amides is 1. The van der Waals surface area contributed by atoms with Gasteiger partial charge in [0, 0.05) is 45.8 Å². The highest BCUT2D eigenvalue weighted by atomic mass is 79.9. The molecule has 0 bridgehead atoms. The Bertz CT molecular complexity index is 1050. The molecule has 0 atom stereocenters. The first kappa shape index (κ1) is 21.3. The molecule has 0 radical (unpaired) electrons. The van der Waals surface area contributed by atoms with Crippen molar-refractivity contribution in [1.82, 2.24) is 19.5 Å². The molecule has 1 N–H and O–H groups in total. The van der Waals surface area contributed by atoms with Crippen LogP contribution in [0.4, 0.5) is 4.79 Å². The fourth-order valence-electron chi connectivity index (χ4n) is 3.71. The molecule has 3 heterocycles. The minimum absolute atomic E-state index is 0.396. The number of aromatic nitrogens is 3. The highest BCUT2D eigenvalue weighted by Crippen LogP contribution is 2.33. The van der Waals surface area contributed by atoms with Crippen LogP contribution < -0.4 is 0 Å². The van der Waals surface area contributed by atoms with Crippen LogP contribution >= 0.6 is 15.9 Å². The highest BCUT2D eigenvalue weighted by molar-refractivity contribution is 9.10. The van der Waals surface area contributed by atoms with Crippen LogP contribution in [0.3, 0.4) is 0 Å². The molecule has 0 saturated carbocycles. The van der Waals surface area contributed by atoms with E-state index >= 15 is 0 Å². The first-order chi connectivity index (χ1) is 13.6. The molecule has 0 unspecified atom stereocenters. The zero-order valence-corrected chi connectivity index (χ0v) is 19.1. The molecule has 0 saturated heterocycles. The Morgan fingerprint density at radius 3 is 2.59 bits per heavy atom. The van der Waals surface area contributed by atoms with Crippen LogP contribution in [0.15, 0.2) is 35.1 Å². The normalized spacial score (nSPS) is 11.8. The van der Waals surface area contributed by atoms with E-state index in [4.69, 9.17) is 5.10 Å². The first-order valence-electron chi connectivity index (χ1n) is 9.75. The maximum atomic E-state index is 11.8. The zero-order chi connectivity index (χ0) is 21.3. The van der Waals surface area contributed by atoms with E-state index in [-0.39, 0.29) is 0 Å². The quantitative estimate of drug-likeness (QED) is 0.559. The zero-order valence-electron chi connectivity index (χ0n) is 17.5. The Labute approximate surface area is 179 Å². The van der Waals surface area contributed by atoms with Gasteiger partial charge in [-0.15, -0.1) is 0 Å². The van der Waals surface area contributed by atoms with Crippen molar-refractivity contribution in [2.45, 2.75) is 53.0 Å². The standard InChI is InChI=1S/C22H27BrN4O2/c1-6-17-7-8-19-20(15-11-16(23)13-24-12-15)18(14(2)25-27(17)19)9-10-26(21(28)29)22(3,4)5/h7-8,11-13H,6,9-10H2,1-5H3,(H,28,29). The summed E-state index contributed by atoms with van der Waals surface area (Å²) in [4.78, 5) is 17.6. The molecule has 154 valence electrons. The van der Waals surface area contributed by atoms with E-state index in [0.717, 1.165) is 44.5 Å². The summed E-state index contributed by atoms with van der Waals surface area (Å²) in [6.45, 7) is 10.2. The van der Waals surface area contributed by atoms with Crippen molar-refractivity contribution >= 4 is 27.5 Å². The van der Waals surface area contributed by atoms with Gasteiger partial charge < -0.3 is 10.0 Å². The Kier molecular flexibility index (Phi) is 5.98. The van der Waals surface area contributed by atoms with Crippen LogP contribution in [0.25, 0.3) is 16.6 Å². The number of carbonyl (C=O) groups is 1. The van der Waals surface area contributed by atoms with Gasteiger partial charge in [0.15, 0.2) is 0 Å². The summed E-state index contributed by atoms with van der Waals surface area (Å²) in [5.74, 6) is 0. The van der Waals surface area contributed by atoms with Gasteiger partial charge in [-0.3, -0.25) is 4.98 Å². The monoisotopic (exact) mass is 458 g/mol. The van der Waals surface area contributed by atoms with Gasteiger partial charge in [-0.1, -0.05) is 6.92 Å². The molecule has 0 aliphatic rings. The minimum Gasteiger partial charge on any atom is -0.465 e. The molecule has 1 amide bonds. The van der Waals surface area contributed by atoms with Gasteiger partial charge in [-0.25, -0.2) is 9.31 Å². The van der Waals surface area contributed by atoms with E-state index in [9.17, 15) is 9.90 Å². The van der Waals surface area contributed by atoms with Crippen molar-refractivity contribution in [3.8, 4) is 11.1 Å². The second-order valence-corrected chi connectivity index (χ2v) is 9.08. The number of fused-ring (bicyclic) bond motifs is 1. The number of hydrogen-bond donors (Lipinski definition) is 1. The molecule has 0 aromatic carbocycles. The van der Waals surface area contributed by atoms with Gasteiger partial charge in [0.05, 0.1) is 11.2 Å². The fraction of sp³-hybridized carbons (Fsp3) is 0.409. The molecular formula is C22H27BrN4O2. The highest BCUT2D eigenvalue weighted by Gasteiger charge is 2.27. The summed E-state index contributed by atoms with van der Waals surface area (Å²) >= 11 is 3.52. The predicted octanol–water partition coefficient (Wildman–Crippen LogP) is 5.35. The maximum Gasteiger partial charge on any atom is 0.407 e. The number of hydrogen-bond acceptors (Lipinski definition) is 3. The van der Waals surface area contributed by atoms with Crippen molar-refractivity contribution < 1.29 is 9.90 Å². The summed E-state index contributed by atoms with van der Waals surface area (Å²) in [6.07, 6.45) is 4.15. The van der Waals surface area contributed by atoms with Crippen LogP contribution in [-0.2, 0) is 12.8 Å². The topological polar surface area (TPSA) is 70.7 Å². The number of carboxylic acid groups (broad SMARTS) is 1. The molecule has 0 aliphatic heterocycles. The first-order valence-corrected chi connectivity index (χ1v) is 10.5. The predicted molar refractivity (Wildman–Crippen MR) is 118 cm³/mol. The van der Waals surface area contributed by atoms with E-state index in [2.05, 4.69) is 40.0 Å². The smallest absolute Gasteiger partial charge is 0.407 e. The van der Waals surface area contributed by atoms with Gasteiger partial charge in [-0.05, 0) is 80.2 Å². The van der Waals surface area contributed by atoms with Crippen LogP contribution in [-0.4, -0.2) is 42.8 Å². The number of rotatable bonds is 5. The molecule has 6 nitrogen and oxygen atoms in total. The number of halogens is 1. The van der Waals surface area contributed by atoms with Crippen molar-refractivity contribution in [3.05, 3.63) is 52.0 Å². The lowest BCUT2D eigenvalue weighted by Crippen LogP contribution is -2.46. The summed E-state index contributed by atoms with van der Waals surface area (Å²) in [6, 6.07) is 6.23. The van der Waals surface area contributed by atoms with Crippen LogP contribution in [0.5, 0.6) is 0 Å². The van der Waals surface area contributed by atoms with Gasteiger partial charge in [0.2, 0.25) is 0 Å². The lowest BCUT2D eigenvalue weighted by Gasteiger charge is -2.33.